The third-order valence-corrected chi connectivity index (χ3v) is 7.44. The SMILES string of the molecule is CCc1ccc(NC(=O)C(C)OC(=O)CNC(=O)CC23CC4CC(CC(C4)C2)C3)cc1. The van der Waals surface area contributed by atoms with Crippen LogP contribution in [0.25, 0.3) is 0 Å². The van der Waals surface area contributed by atoms with E-state index in [9.17, 15) is 14.4 Å². The van der Waals surface area contributed by atoms with Gasteiger partial charge in [0, 0.05) is 12.1 Å². The van der Waals surface area contributed by atoms with Crippen molar-refractivity contribution in [3.8, 4) is 0 Å². The number of rotatable bonds is 8. The van der Waals surface area contributed by atoms with Gasteiger partial charge in [-0.2, -0.15) is 0 Å². The van der Waals surface area contributed by atoms with E-state index in [1.807, 2.05) is 24.3 Å². The Morgan fingerprint density at radius 2 is 1.61 bits per heavy atom. The van der Waals surface area contributed by atoms with E-state index < -0.39 is 18.0 Å². The molecule has 2 N–H and O–H groups in total. The van der Waals surface area contributed by atoms with Crippen LogP contribution in [-0.2, 0) is 25.5 Å². The van der Waals surface area contributed by atoms with E-state index in [0.717, 1.165) is 43.4 Å². The summed E-state index contributed by atoms with van der Waals surface area (Å²) in [7, 11) is 0. The third-order valence-electron chi connectivity index (χ3n) is 7.44. The first-order chi connectivity index (χ1) is 14.8. The van der Waals surface area contributed by atoms with Gasteiger partial charge in [-0.05, 0) is 92.7 Å². The molecule has 1 aromatic rings. The van der Waals surface area contributed by atoms with Gasteiger partial charge >= 0.3 is 5.97 Å². The molecule has 1 aromatic carbocycles. The monoisotopic (exact) mass is 426 g/mol. The van der Waals surface area contributed by atoms with Crippen molar-refractivity contribution in [1.82, 2.24) is 5.32 Å². The summed E-state index contributed by atoms with van der Waals surface area (Å²) in [6.07, 6.45) is 8.01. The first-order valence-corrected chi connectivity index (χ1v) is 11.7. The molecule has 1 atom stereocenters. The molecule has 168 valence electrons. The molecule has 5 rings (SSSR count). The third kappa shape index (κ3) is 5.28. The van der Waals surface area contributed by atoms with Gasteiger partial charge in [0.2, 0.25) is 5.91 Å². The van der Waals surface area contributed by atoms with Gasteiger partial charge in [0.25, 0.3) is 5.91 Å². The molecule has 4 saturated carbocycles. The summed E-state index contributed by atoms with van der Waals surface area (Å²) in [4.78, 5) is 37.0. The fourth-order valence-electron chi connectivity index (χ4n) is 6.44. The Morgan fingerprint density at radius 3 is 2.16 bits per heavy atom. The molecule has 6 nitrogen and oxygen atoms in total. The molecule has 4 fully saturated rings. The molecule has 0 heterocycles. The van der Waals surface area contributed by atoms with Crippen LogP contribution in [0.5, 0.6) is 0 Å². The van der Waals surface area contributed by atoms with E-state index in [2.05, 4.69) is 17.6 Å². The number of hydrogen-bond donors (Lipinski definition) is 2. The van der Waals surface area contributed by atoms with Crippen molar-refractivity contribution in [3.05, 3.63) is 29.8 Å². The first-order valence-electron chi connectivity index (χ1n) is 11.7. The molecule has 0 spiro atoms. The molecule has 2 amide bonds. The van der Waals surface area contributed by atoms with E-state index in [1.54, 1.807) is 0 Å². The van der Waals surface area contributed by atoms with Crippen molar-refractivity contribution in [2.24, 2.45) is 23.2 Å². The van der Waals surface area contributed by atoms with Crippen LogP contribution in [0, 0.1) is 23.2 Å². The minimum Gasteiger partial charge on any atom is -0.451 e. The Kier molecular flexibility index (Phi) is 6.35. The number of esters is 1. The molecule has 6 heteroatoms. The highest BCUT2D eigenvalue weighted by molar-refractivity contribution is 5.95. The van der Waals surface area contributed by atoms with Gasteiger partial charge in [0.05, 0.1) is 0 Å². The number of carbonyl (C=O) groups is 3. The number of carbonyl (C=O) groups excluding carboxylic acids is 3. The van der Waals surface area contributed by atoms with Crippen molar-refractivity contribution < 1.29 is 19.1 Å². The van der Waals surface area contributed by atoms with Crippen LogP contribution in [0.15, 0.2) is 24.3 Å². The maximum absolute atomic E-state index is 12.5. The summed E-state index contributed by atoms with van der Waals surface area (Å²) in [6, 6.07) is 7.56. The standard InChI is InChI=1S/C25H34N2O4/c1-3-17-4-6-21(7-5-17)27-24(30)16(2)31-23(29)15-26-22(28)14-25-11-18-8-19(12-25)10-20(9-18)13-25/h4-7,16,18-20H,3,8-15H2,1-2H3,(H,26,28)(H,27,30). The molecular formula is C25H34N2O4. The summed E-state index contributed by atoms with van der Waals surface area (Å²) >= 11 is 0. The summed E-state index contributed by atoms with van der Waals surface area (Å²) in [5.74, 6) is 1.32. The van der Waals surface area contributed by atoms with Crippen LogP contribution >= 0.6 is 0 Å². The van der Waals surface area contributed by atoms with Crippen molar-refractivity contribution in [1.29, 1.82) is 0 Å². The second kappa shape index (κ2) is 9.01. The molecule has 0 aliphatic heterocycles. The molecule has 0 aromatic heterocycles. The zero-order valence-corrected chi connectivity index (χ0v) is 18.6. The number of ether oxygens (including phenoxy) is 1. The minimum absolute atomic E-state index is 0.0768. The Balaban J connectivity index is 1.19. The molecular weight excluding hydrogens is 392 g/mol. The second-order valence-corrected chi connectivity index (χ2v) is 10.0. The molecule has 0 radical (unpaired) electrons. The van der Waals surface area contributed by atoms with Gasteiger partial charge in [-0.25, -0.2) is 0 Å². The number of anilines is 1. The minimum atomic E-state index is -0.932. The Labute approximate surface area is 184 Å². The average Bonchev–Trinajstić information content (AvgIpc) is 2.71. The maximum Gasteiger partial charge on any atom is 0.326 e. The highest BCUT2D eigenvalue weighted by Crippen LogP contribution is 2.61. The summed E-state index contributed by atoms with van der Waals surface area (Å²) < 4.78 is 5.21. The highest BCUT2D eigenvalue weighted by Gasteiger charge is 2.51. The molecule has 4 aliphatic carbocycles. The summed E-state index contributed by atoms with van der Waals surface area (Å²) in [5.41, 5.74) is 1.99. The van der Waals surface area contributed by atoms with E-state index in [4.69, 9.17) is 4.74 Å². The van der Waals surface area contributed by atoms with Crippen LogP contribution in [-0.4, -0.2) is 30.4 Å². The van der Waals surface area contributed by atoms with Gasteiger partial charge in [-0.15, -0.1) is 0 Å². The smallest absolute Gasteiger partial charge is 0.326 e. The average molecular weight is 427 g/mol. The number of nitrogens with one attached hydrogen (secondary N) is 2. The molecule has 4 bridgehead atoms. The second-order valence-electron chi connectivity index (χ2n) is 10.0. The first kappa shape index (κ1) is 21.8. The lowest BCUT2D eigenvalue weighted by atomic mass is 9.49. The molecule has 4 aliphatic rings. The number of amides is 2. The van der Waals surface area contributed by atoms with E-state index >= 15 is 0 Å². The maximum atomic E-state index is 12.5. The molecule has 31 heavy (non-hydrogen) atoms. The van der Waals surface area contributed by atoms with Crippen LogP contribution < -0.4 is 10.6 Å². The lowest BCUT2D eigenvalue weighted by Gasteiger charge is -2.56. The number of hydrogen-bond acceptors (Lipinski definition) is 4. The van der Waals surface area contributed by atoms with Gasteiger partial charge in [0.15, 0.2) is 6.10 Å². The summed E-state index contributed by atoms with van der Waals surface area (Å²) in [6.45, 7) is 3.40. The number of benzene rings is 1. The Morgan fingerprint density at radius 1 is 1.03 bits per heavy atom. The highest BCUT2D eigenvalue weighted by atomic mass is 16.5. The molecule has 0 saturated heterocycles. The van der Waals surface area contributed by atoms with Gasteiger partial charge in [-0.3, -0.25) is 14.4 Å². The topological polar surface area (TPSA) is 84.5 Å². The largest absolute Gasteiger partial charge is 0.451 e. The van der Waals surface area contributed by atoms with Gasteiger partial charge in [0.1, 0.15) is 6.54 Å². The normalized spacial score (nSPS) is 29.3. The molecule has 1 unspecified atom stereocenters. The van der Waals surface area contributed by atoms with E-state index in [0.29, 0.717) is 12.1 Å². The fourth-order valence-corrected chi connectivity index (χ4v) is 6.44. The zero-order valence-electron chi connectivity index (χ0n) is 18.6. The van der Waals surface area contributed by atoms with E-state index in [-0.39, 0.29) is 17.9 Å². The van der Waals surface area contributed by atoms with Crippen molar-refractivity contribution in [2.45, 2.75) is 71.3 Å². The number of aryl methyl sites for hydroxylation is 1. The van der Waals surface area contributed by atoms with Crippen molar-refractivity contribution in [2.75, 3.05) is 11.9 Å². The van der Waals surface area contributed by atoms with Crippen LogP contribution in [0.2, 0.25) is 0 Å². The predicted molar refractivity (Wildman–Crippen MR) is 118 cm³/mol. The van der Waals surface area contributed by atoms with Crippen molar-refractivity contribution in [3.63, 3.8) is 0 Å². The Hall–Kier alpha value is -2.37. The predicted octanol–water partition coefficient (Wildman–Crippen LogP) is 3.84. The van der Waals surface area contributed by atoms with E-state index in [1.165, 1.54) is 31.7 Å². The zero-order chi connectivity index (χ0) is 22.0. The van der Waals surface area contributed by atoms with Gasteiger partial charge < -0.3 is 15.4 Å². The van der Waals surface area contributed by atoms with Crippen LogP contribution in [0.1, 0.15) is 64.4 Å². The lowest BCUT2D eigenvalue weighted by molar-refractivity contribution is -0.153. The van der Waals surface area contributed by atoms with Crippen molar-refractivity contribution >= 4 is 23.5 Å². The van der Waals surface area contributed by atoms with Crippen LogP contribution in [0.4, 0.5) is 5.69 Å². The quantitative estimate of drug-likeness (QED) is 0.619. The van der Waals surface area contributed by atoms with Crippen LogP contribution in [0.3, 0.4) is 0 Å². The fraction of sp³-hybridized carbons (Fsp3) is 0.640. The Bertz CT molecular complexity index is 797. The summed E-state index contributed by atoms with van der Waals surface area (Å²) in [5, 5.41) is 5.46. The lowest BCUT2D eigenvalue weighted by Crippen LogP contribution is -2.48. The van der Waals surface area contributed by atoms with Gasteiger partial charge in [-0.1, -0.05) is 19.1 Å².